The van der Waals surface area contributed by atoms with Crippen LogP contribution in [0.2, 0.25) is 5.02 Å². The van der Waals surface area contributed by atoms with Gasteiger partial charge in [0.05, 0.1) is 11.4 Å². The van der Waals surface area contributed by atoms with Gasteiger partial charge in [-0.05, 0) is 25.1 Å². The first-order valence-electron chi connectivity index (χ1n) is 6.94. The van der Waals surface area contributed by atoms with E-state index in [0.29, 0.717) is 22.0 Å². The predicted molar refractivity (Wildman–Crippen MR) is 88.3 cm³/mol. The first-order chi connectivity index (χ1) is 11.0. The number of fused-ring (bicyclic) bond motifs is 1. The van der Waals surface area contributed by atoms with Crippen LogP contribution in [-0.2, 0) is 9.59 Å². The second kappa shape index (κ2) is 5.85. The lowest BCUT2D eigenvalue weighted by atomic mass is 9.99. The lowest BCUT2D eigenvalue weighted by Gasteiger charge is -2.10. The summed E-state index contributed by atoms with van der Waals surface area (Å²) in [5, 5.41) is 12.4. The molecule has 0 aliphatic carbocycles. The molecule has 0 radical (unpaired) electrons. The van der Waals surface area contributed by atoms with E-state index in [1.807, 2.05) is 31.2 Å². The van der Waals surface area contributed by atoms with Crippen molar-refractivity contribution in [1.82, 2.24) is 0 Å². The number of nitrogens with zero attached hydrogens (tertiary/aromatic N) is 1. The monoisotopic (exact) mass is 328 g/mol. The molecule has 1 unspecified atom stereocenters. The fourth-order valence-electron chi connectivity index (χ4n) is 2.39. The summed E-state index contributed by atoms with van der Waals surface area (Å²) in [6.45, 7) is 1.95. The minimum Gasteiger partial charge on any atom is -0.479 e. The van der Waals surface area contributed by atoms with E-state index in [0.717, 1.165) is 11.1 Å². The van der Waals surface area contributed by atoms with Crippen LogP contribution in [0.5, 0.6) is 0 Å². The summed E-state index contributed by atoms with van der Waals surface area (Å²) in [7, 11) is 0. The molecule has 116 valence electrons. The predicted octanol–water partition coefficient (Wildman–Crippen LogP) is 2.89. The van der Waals surface area contributed by atoms with Crippen LogP contribution in [0.4, 0.5) is 5.69 Å². The normalized spacial score (nSPS) is 16.9. The maximum Gasteiger partial charge on any atom is 0.338 e. The molecule has 0 saturated heterocycles. The van der Waals surface area contributed by atoms with Gasteiger partial charge in [0.25, 0.3) is 5.91 Å². The lowest BCUT2D eigenvalue weighted by Crippen LogP contribution is -2.32. The van der Waals surface area contributed by atoms with E-state index >= 15 is 0 Å². The molecule has 1 heterocycles. The summed E-state index contributed by atoms with van der Waals surface area (Å²) in [6, 6.07) is 10.9. The van der Waals surface area contributed by atoms with Gasteiger partial charge in [-0.25, -0.2) is 4.79 Å². The second-order valence-corrected chi connectivity index (χ2v) is 5.70. The molecule has 1 aliphatic heterocycles. The number of rotatable bonds is 2. The van der Waals surface area contributed by atoms with Gasteiger partial charge in [-0.3, -0.25) is 9.79 Å². The molecule has 1 amide bonds. The Balaban J connectivity index is 2.24. The highest BCUT2D eigenvalue weighted by molar-refractivity contribution is 6.32. The number of carboxylic acids is 1. The molecule has 2 N–H and O–H groups in total. The number of aliphatic carboxylic acids is 1. The lowest BCUT2D eigenvalue weighted by molar-refractivity contribution is -0.141. The maximum absolute atomic E-state index is 12.1. The standard InChI is InChI=1S/C17H13ClN2O3/c1-9-2-4-10(5-3-9)14-12-8-11(18)6-7-13(12)19-16(21)15(20-14)17(22)23/h2-8,15H,1H3,(H,19,21)(H,22,23). The van der Waals surface area contributed by atoms with Gasteiger partial charge in [0.15, 0.2) is 0 Å². The van der Waals surface area contributed by atoms with Crippen LogP contribution >= 0.6 is 11.6 Å². The zero-order valence-corrected chi connectivity index (χ0v) is 13.0. The van der Waals surface area contributed by atoms with Crippen molar-refractivity contribution in [3.8, 4) is 0 Å². The highest BCUT2D eigenvalue weighted by Gasteiger charge is 2.31. The summed E-state index contributed by atoms with van der Waals surface area (Å²) in [5.41, 5.74) is 3.30. The van der Waals surface area contributed by atoms with Crippen LogP contribution in [0.3, 0.4) is 0 Å². The van der Waals surface area contributed by atoms with E-state index in [-0.39, 0.29) is 0 Å². The number of amides is 1. The van der Waals surface area contributed by atoms with Gasteiger partial charge in [0.1, 0.15) is 0 Å². The molecule has 6 heteroatoms. The number of halogens is 1. The molecule has 0 bridgehead atoms. The number of carbonyl (C=O) groups excluding carboxylic acids is 1. The number of benzodiazepines with no additional fused rings is 1. The first kappa shape index (κ1) is 15.2. The van der Waals surface area contributed by atoms with Crippen molar-refractivity contribution in [1.29, 1.82) is 0 Å². The molecule has 0 saturated carbocycles. The fourth-order valence-corrected chi connectivity index (χ4v) is 2.56. The van der Waals surface area contributed by atoms with Crippen LogP contribution in [0.1, 0.15) is 16.7 Å². The summed E-state index contributed by atoms with van der Waals surface area (Å²) in [4.78, 5) is 27.7. The number of nitrogens with one attached hydrogen (secondary N) is 1. The minimum absolute atomic E-state index is 0.424. The van der Waals surface area contributed by atoms with Gasteiger partial charge < -0.3 is 10.4 Å². The average molecular weight is 329 g/mol. The van der Waals surface area contributed by atoms with Crippen LogP contribution in [0.15, 0.2) is 47.5 Å². The van der Waals surface area contributed by atoms with E-state index in [9.17, 15) is 14.7 Å². The molecule has 0 aromatic heterocycles. The first-order valence-corrected chi connectivity index (χ1v) is 7.32. The van der Waals surface area contributed by atoms with Crippen molar-refractivity contribution in [2.45, 2.75) is 13.0 Å². The molecular formula is C17H13ClN2O3. The number of anilines is 1. The number of hydrogen-bond acceptors (Lipinski definition) is 3. The molecular weight excluding hydrogens is 316 g/mol. The number of carboxylic acid groups (broad SMARTS) is 1. The smallest absolute Gasteiger partial charge is 0.338 e. The van der Waals surface area contributed by atoms with Crippen LogP contribution in [0.25, 0.3) is 0 Å². The van der Waals surface area contributed by atoms with Crippen molar-refractivity contribution in [3.63, 3.8) is 0 Å². The Morgan fingerprint density at radius 1 is 1.22 bits per heavy atom. The zero-order chi connectivity index (χ0) is 16.6. The third kappa shape index (κ3) is 2.96. The molecule has 1 atom stereocenters. The van der Waals surface area contributed by atoms with E-state index in [2.05, 4.69) is 10.3 Å². The second-order valence-electron chi connectivity index (χ2n) is 5.26. The minimum atomic E-state index is -1.50. The third-order valence-corrected chi connectivity index (χ3v) is 3.80. The molecule has 0 spiro atoms. The van der Waals surface area contributed by atoms with Crippen molar-refractivity contribution >= 4 is 34.9 Å². The molecule has 0 fully saturated rings. The van der Waals surface area contributed by atoms with E-state index in [1.165, 1.54) is 0 Å². The SMILES string of the molecule is Cc1ccc(C2=NC(C(=O)O)C(=O)Nc3ccc(Cl)cc32)cc1. The van der Waals surface area contributed by atoms with Gasteiger partial charge in [0.2, 0.25) is 6.04 Å². The highest BCUT2D eigenvalue weighted by atomic mass is 35.5. The number of aryl methyl sites for hydroxylation is 1. The summed E-state index contributed by atoms with van der Waals surface area (Å²) in [5.74, 6) is -1.98. The van der Waals surface area contributed by atoms with Crippen molar-refractivity contribution in [3.05, 3.63) is 64.2 Å². The molecule has 3 rings (SSSR count). The summed E-state index contributed by atoms with van der Waals surface area (Å²) >= 11 is 6.06. The Labute approximate surface area is 137 Å². The fraction of sp³-hybridized carbons (Fsp3) is 0.118. The van der Waals surface area contributed by atoms with Crippen LogP contribution in [-0.4, -0.2) is 28.7 Å². The summed E-state index contributed by atoms with van der Waals surface area (Å²) < 4.78 is 0. The Morgan fingerprint density at radius 2 is 1.91 bits per heavy atom. The largest absolute Gasteiger partial charge is 0.479 e. The van der Waals surface area contributed by atoms with Crippen LogP contribution < -0.4 is 5.32 Å². The third-order valence-electron chi connectivity index (χ3n) is 3.56. The Morgan fingerprint density at radius 3 is 2.57 bits per heavy atom. The summed E-state index contributed by atoms with van der Waals surface area (Å²) in [6.07, 6.45) is 0. The molecule has 1 aliphatic rings. The quantitative estimate of drug-likeness (QED) is 0.832. The molecule has 2 aromatic rings. The Kier molecular flexibility index (Phi) is 3.88. The zero-order valence-electron chi connectivity index (χ0n) is 12.2. The van der Waals surface area contributed by atoms with E-state index in [4.69, 9.17) is 11.6 Å². The number of aliphatic imine (C=N–C) groups is 1. The average Bonchev–Trinajstić information content (AvgIpc) is 2.64. The van der Waals surface area contributed by atoms with Gasteiger partial charge >= 0.3 is 5.97 Å². The molecule has 5 nitrogen and oxygen atoms in total. The van der Waals surface area contributed by atoms with Gasteiger partial charge in [-0.1, -0.05) is 41.4 Å². The van der Waals surface area contributed by atoms with Crippen LogP contribution in [0, 0.1) is 6.92 Å². The van der Waals surface area contributed by atoms with Crippen molar-refractivity contribution < 1.29 is 14.7 Å². The van der Waals surface area contributed by atoms with Gasteiger partial charge in [0, 0.05) is 16.1 Å². The molecule has 23 heavy (non-hydrogen) atoms. The topological polar surface area (TPSA) is 78.8 Å². The van der Waals surface area contributed by atoms with Crippen molar-refractivity contribution in [2.75, 3.05) is 5.32 Å². The van der Waals surface area contributed by atoms with E-state index < -0.39 is 17.9 Å². The maximum atomic E-state index is 12.1. The molecule has 2 aromatic carbocycles. The van der Waals surface area contributed by atoms with E-state index in [1.54, 1.807) is 18.2 Å². The van der Waals surface area contributed by atoms with Gasteiger partial charge in [-0.2, -0.15) is 0 Å². The Bertz CT molecular complexity index is 828. The number of carbonyl (C=O) groups is 2. The Hall–Kier alpha value is -2.66. The van der Waals surface area contributed by atoms with Crippen molar-refractivity contribution in [2.24, 2.45) is 4.99 Å². The highest BCUT2D eigenvalue weighted by Crippen LogP contribution is 2.27. The number of benzene rings is 2. The van der Waals surface area contributed by atoms with Gasteiger partial charge in [-0.15, -0.1) is 0 Å². The number of hydrogen-bond donors (Lipinski definition) is 2.